The van der Waals surface area contributed by atoms with Gasteiger partial charge in [0, 0.05) is 17.5 Å². The first-order valence-electron chi connectivity index (χ1n) is 18.9. The van der Waals surface area contributed by atoms with Crippen molar-refractivity contribution < 1.29 is 48.5 Å². The number of ether oxygens (including phenoxy) is 6. The third-order valence-corrected chi connectivity index (χ3v) is 11.8. The summed E-state index contributed by atoms with van der Waals surface area (Å²) in [6.45, 7) is 11.8. The van der Waals surface area contributed by atoms with Crippen molar-refractivity contribution >= 4 is 75.5 Å². The lowest BCUT2D eigenvalue weighted by Gasteiger charge is -2.24. The average molecular weight is 950 g/mol. The van der Waals surface area contributed by atoms with Gasteiger partial charge in [0.05, 0.1) is 54.5 Å². The molecule has 20 nitrogen and oxygen atoms in total. The van der Waals surface area contributed by atoms with Crippen molar-refractivity contribution in [2.75, 3.05) is 43.3 Å². The molecule has 0 amide bonds. The lowest BCUT2D eigenvalue weighted by atomic mass is 10.2. The number of anilines is 1. The molecule has 0 unspecified atom stereocenters. The number of aromatic nitrogens is 4. The minimum absolute atomic E-state index is 0. The smallest absolute Gasteiger partial charge is 0.348 e. The van der Waals surface area contributed by atoms with Crippen LogP contribution in [0.4, 0.5) is 17.2 Å². The van der Waals surface area contributed by atoms with Gasteiger partial charge in [0.25, 0.3) is 0 Å². The molecular weight excluding hydrogens is 895 g/mol. The highest BCUT2D eigenvalue weighted by Crippen LogP contribution is 2.43. The molecule has 2 aromatic rings. The van der Waals surface area contributed by atoms with Crippen LogP contribution in [0.3, 0.4) is 0 Å². The molecule has 0 spiro atoms. The first kappa shape index (κ1) is 52.3. The number of thioether (sulfide) groups is 2. The molecule has 5 N–H and O–H groups in total. The van der Waals surface area contributed by atoms with Crippen LogP contribution in [0.2, 0.25) is 15.5 Å². The van der Waals surface area contributed by atoms with E-state index in [0.717, 1.165) is 30.8 Å². The number of aliphatic hydroxyl groups is 2. The van der Waals surface area contributed by atoms with Crippen LogP contribution in [0.1, 0.15) is 74.7 Å². The molecule has 6 rings (SSSR count). The van der Waals surface area contributed by atoms with Crippen LogP contribution < -0.4 is 11.1 Å². The van der Waals surface area contributed by atoms with Gasteiger partial charge in [0.1, 0.15) is 24.4 Å². The molecule has 4 heterocycles. The molecule has 4 aliphatic rings. The molecule has 4 fully saturated rings. The van der Waals surface area contributed by atoms with Crippen LogP contribution in [-0.4, -0.2) is 138 Å². The van der Waals surface area contributed by atoms with Gasteiger partial charge in [-0.05, 0) is 53.4 Å². The summed E-state index contributed by atoms with van der Waals surface area (Å²) in [5.74, 6) is 0.240. The van der Waals surface area contributed by atoms with E-state index in [1.54, 1.807) is 13.8 Å². The van der Waals surface area contributed by atoms with Crippen molar-refractivity contribution in [2.45, 2.75) is 145 Å². The molecule has 8 atom stereocenters. The number of nitrogens with zero attached hydrogens (tertiary/aromatic N) is 6. The first-order valence-corrected chi connectivity index (χ1v) is 22.0. The Kier molecular flexibility index (Phi) is 20.6. The summed E-state index contributed by atoms with van der Waals surface area (Å²) in [7, 11) is 0. The van der Waals surface area contributed by atoms with E-state index in [1.165, 1.54) is 23.5 Å². The van der Waals surface area contributed by atoms with Crippen molar-refractivity contribution in [3.63, 3.8) is 0 Å². The van der Waals surface area contributed by atoms with Gasteiger partial charge in [0.2, 0.25) is 21.3 Å². The minimum Gasteiger partial charge on any atom is -0.394 e. The fraction of sp³-hybridized carbons (Fsp3) is 0.771. The van der Waals surface area contributed by atoms with E-state index in [1.807, 2.05) is 27.7 Å². The van der Waals surface area contributed by atoms with Crippen molar-refractivity contribution in [2.24, 2.45) is 5.73 Å². The number of hydrogen-bond acceptors (Lipinski definition) is 20. The summed E-state index contributed by atoms with van der Waals surface area (Å²) >= 11 is 20.1. The van der Waals surface area contributed by atoms with Crippen LogP contribution in [0.5, 0.6) is 0 Å². The van der Waals surface area contributed by atoms with Gasteiger partial charge in [0.15, 0.2) is 21.9 Å². The number of fused-ring (bicyclic) bond motifs is 2. The molecule has 2 saturated carbocycles. The van der Waals surface area contributed by atoms with Crippen molar-refractivity contribution in [3.8, 4) is 0 Å². The third-order valence-electron chi connectivity index (χ3n) is 8.87. The van der Waals surface area contributed by atoms with Gasteiger partial charge in [-0.1, -0.05) is 79.6 Å². The number of rotatable bonds is 16. The van der Waals surface area contributed by atoms with Crippen LogP contribution in [0.25, 0.3) is 0 Å². The largest absolute Gasteiger partial charge is 0.394 e. The Morgan fingerprint density at radius 3 is 1.63 bits per heavy atom. The fourth-order valence-corrected chi connectivity index (χ4v) is 8.99. The number of nitro groups is 2. The maximum Gasteiger partial charge on any atom is 0.348 e. The molecule has 340 valence electrons. The third kappa shape index (κ3) is 14.0. The monoisotopic (exact) mass is 948 g/mol. The van der Waals surface area contributed by atoms with Crippen molar-refractivity contribution in [1.29, 1.82) is 0 Å². The molecule has 0 radical (unpaired) electrons. The van der Waals surface area contributed by atoms with E-state index >= 15 is 0 Å². The van der Waals surface area contributed by atoms with Gasteiger partial charge in [-0.25, -0.2) is 15.0 Å². The summed E-state index contributed by atoms with van der Waals surface area (Å²) in [4.78, 5) is 36.7. The number of aliphatic hydroxyl groups excluding tert-OH is 2. The maximum absolute atomic E-state index is 11.6. The Morgan fingerprint density at radius 2 is 1.17 bits per heavy atom. The summed E-state index contributed by atoms with van der Waals surface area (Å²) in [6.07, 6.45) is 1.74. The van der Waals surface area contributed by atoms with Crippen molar-refractivity contribution in [3.05, 3.63) is 35.7 Å². The molecule has 60 heavy (non-hydrogen) atoms. The van der Waals surface area contributed by atoms with E-state index in [4.69, 9.17) is 79.2 Å². The standard InChI is InChI=1S/C17H25ClN4O6S.C10H19NO4.C7H7Cl2N3O2S.CH4/c1-4-7-29-16-20-14(18)11(22(24)25)15(21-16)19-9-8-10(26-6-5-23)13-12(9)27-17(2,3)28-13;1-10(2)14-8-6(11)5-7(9(8)15-10)13-4-3-12;1-2-3-15-7-10-5(8)4(12(13)14)6(9)11-7;/h9-10,12-13,23H,4-8H2,1-3H3,(H,19,20,21);6-9,12H,3-5,11H2,1-2H3;2-3H2,1H3;1H4/t9-,10+,12+,13-;6-,7+,8+,9-;;/m11../s1. The Labute approximate surface area is 372 Å². The lowest BCUT2D eigenvalue weighted by Crippen LogP contribution is -2.35. The molecule has 2 aliphatic carbocycles. The summed E-state index contributed by atoms with van der Waals surface area (Å²) in [5, 5.41) is 43.1. The second kappa shape index (κ2) is 23.6. The highest BCUT2D eigenvalue weighted by Gasteiger charge is 2.55. The molecule has 0 aromatic carbocycles. The van der Waals surface area contributed by atoms with E-state index in [0.29, 0.717) is 23.3 Å². The first-order chi connectivity index (χ1) is 27.8. The zero-order valence-electron chi connectivity index (χ0n) is 33.4. The van der Waals surface area contributed by atoms with Gasteiger partial charge in [-0.2, -0.15) is 4.98 Å². The number of nitrogens with one attached hydrogen (secondary N) is 1. The summed E-state index contributed by atoms with van der Waals surface area (Å²) in [6, 6.07) is -0.389. The van der Waals surface area contributed by atoms with E-state index in [2.05, 4.69) is 25.3 Å². The van der Waals surface area contributed by atoms with Gasteiger partial charge in [-0.15, -0.1) is 0 Å². The molecule has 2 aliphatic heterocycles. The lowest BCUT2D eigenvalue weighted by molar-refractivity contribution is -0.385. The highest BCUT2D eigenvalue weighted by atomic mass is 35.5. The Hall–Kier alpha value is -2.03. The SMILES string of the molecule is C.CC1(C)O[C@@H]2[C@H](O1)[C@@H](OCCO)C[C@H]2N.CCCSc1nc(Cl)c([N+](=O)[O-])c(Cl)n1.CCCSc1nc(Cl)c([N+](=O)[O-])c(N[C@@H]2C[C@H](OCCO)[C@H]3OC(C)(C)O[C@H]32)n1. The van der Waals surface area contributed by atoms with Gasteiger partial charge in [-0.3, -0.25) is 20.2 Å². The normalized spacial score (nSPS) is 26.8. The predicted octanol–water partition coefficient (Wildman–Crippen LogP) is 6.07. The quantitative estimate of drug-likeness (QED) is 0.0489. The second-order valence-electron chi connectivity index (χ2n) is 14.4. The summed E-state index contributed by atoms with van der Waals surface area (Å²) < 4.78 is 34.6. The zero-order valence-corrected chi connectivity index (χ0v) is 37.3. The molecule has 2 saturated heterocycles. The summed E-state index contributed by atoms with van der Waals surface area (Å²) in [5.41, 5.74) is 5.14. The molecule has 0 bridgehead atoms. The van der Waals surface area contributed by atoms with Crippen LogP contribution in [0.15, 0.2) is 10.3 Å². The number of hydrogen-bond donors (Lipinski definition) is 4. The fourth-order valence-electron chi connectivity index (χ4n) is 6.68. The molecule has 2 aromatic heterocycles. The topological polar surface area (TPSA) is 272 Å². The Bertz CT molecular complexity index is 1720. The van der Waals surface area contributed by atoms with Crippen LogP contribution >= 0.6 is 58.3 Å². The number of halogens is 3. The van der Waals surface area contributed by atoms with Gasteiger partial charge < -0.3 is 49.7 Å². The van der Waals surface area contributed by atoms with Crippen LogP contribution in [0, 0.1) is 20.2 Å². The second-order valence-corrected chi connectivity index (χ2v) is 17.6. The minimum atomic E-state index is -0.812. The zero-order chi connectivity index (χ0) is 43.7. The highest BCUT2D eigenvalue weighted by molar-refractivity contribution is 7.99. The molecule has 25 heteroatoms. The number of nitrogens with two attached hydrogens (primary N) is 1. The predicted molar refractivity (Wildman–Crippen MR) is 227 cm³/mol. The van der Waals surface area contributed by atoms with E-state index in [9.17, 15) is 20.2 Å². The van der Waals surface area contributed by atoms with E-state index in [-0.39, 0.29) is 96.8 Å². The van der Waals surface area contributed by atoms with E-state index < -0.39 is 33.2 Å². The Balaban J connectivity index is 0.000000262. The Morgan fingerprint density at radius 1 is 0.750 bits per heavy atom. The van der Waals surface area contributed by atoms with Gasteiger partial charge >= 0.3 is 11.4 Å². The van der Waals surface area contributed by atoms with Crippen molar-refractivity contribution in [1.82, 2.24) is 19.9 Å². The van der Waals surface area contributed by atoms with Crippen LogP contribution in [-0.2, 0) is 28.4 Å². The molecular formula is C35H55Cl3N8O12S2. The average Bonchev–Trinajstić information content (AvgIpc) is 3.84. The maximum atomic E-state index is 11.6.